The molecule has 0 aliphatic rings. The topological polar surface area (TPSA) is 115 Å². The van der Waals surface area contributed by atoms with Gasteiger partial charge in [0.15, 0.2) is 0 Å². The first-order valence-corrected chi connectivity index (χ1v) is 12.3. The molecule has 8 heteroatoms. The van der Waals surface area contributed by atoms with E-state index in [0.717, 1.165) is 32.1 Å². The molecule has 0 spiro atoms. The summed E-state index contributed by atoms with van der Waals surface area (Å²) in [4.78, 5) is 34.0. The van der Waals surface area contributed by atoms with E-state index in [1.54, 1.807) is 0 Å². The fourth-order valence-electron chi connectivity index (χ4n) is 2.02. The molecule has 23 heavy (non-hydrogen) atoms. The molecule has 0 aromatic carbocycles. The molecule has 0 unspecified atom stereocenters. The van der Waals surface area contributed by atoms with E-state index in [-0.39, 0.29) is 12.3 Å². The Kier molecular flexibility index (Phi) is 17.6. The summed E-state index contributed by atoms with van der Waals surface area (Å²) in [7, 11) is -7.44. The van der Waals surface area contributed by atoms with E-state index < -0.39 is 15.2 Å². The van der Waals surface area contributed by atoms with Crippen LogP contribution in [-0.2, 0) is 9.13 Å². The molecule has 0 aliphatic heterocycles. The van der Waals surface area contributed by atoms with Gasteiger partial charge in [-0.3, -0.25) is 9.13 Å². The maximum atomic E-state index is 10.4. The van der Waals surface area contributed by atoms with Crippen LogP contribution in [-0.4, -0.2) is 31.9 Å². The Labute approximate surface area is 141 Å². The Morgan fingerprint density at radius 2 is 0.783 bits per heavy atom. The zero-order valence-electron chi connectivity index (χ0n) is 14.7. The van der Waals surface area contributed by atoms with Crippen molar-refractivity contribution in [1.29, 1.82) is 0 Å². The second kappa shape index (κ2) is 15.8. The van der Waals surface area contributed by atoms with Gasteiger partial charge in [0, 0.05) is 12.3 Å². The summed E-state index contributed by atoms with van der Waals surface area (Å²) in [5, 5.41) is 0. The maximum absolute atomic E-state index is 10.4. The molecule has 0 amide bonds. The first kappa shape index (κ1) is 25.5. The Balaban J connectivity index is 0. The van der Waals surface area contributed by atoms with Crippen LogP contribution in [0.3, 0.4) is 0 Å². The highest BCUT2D eigenvalue weighted by Crippen LogP contribution is 2.36. The summed E-state index contributed by atoms with van der Waals surface area (Å²) in [5.74, 6) is 0. The lowest BCUT2D eigenvalue weighted by Gasteiger charge is -2.02. The molecule has 0 aliphatic carbocycles. The van der Waals surface area contributed by atoms with Gasteiger partial charge in [-0.1, -0.05) is 71.6 Å². The Bertz CT molecular complexity index is 337. The van der Waals surface area contributed by atoms with Crippen LogP contribution in [0.5, 0.6) is 0 Å². The second-order valence-electron chi connectivity index (χ2n) is 5.96. The highest BCUT2D eigenvalue weighted by atomic mass is 31.2. The highest BCUT2D eigenvalue weighted by Gasteiger charge is 2.11. The molecule has 4 N–H and O–H groups in total. The molecule has 0 heterocycles. The van der Waals surface area contributed by atoms with Crippen molar-refractivity contribution in [3.05, 3.63) is 0 Å². The summed E-state index contributed by atoms with van der Waals surface area (Å²) < 4.78 is 20.8. The molecule has 0 fully saturated rings. The smallest absolute Gasteiger partial charge is 0.324 e. The van der Waals surface area contributed by atoms with Crippen LogP contribution in [0.4, 0.5) is 0 Å². The predicted octanol–water partition coefficient (Wildman–Crippen LogP) is 4.66. The largest absolute Gasteiger partial charge is 0.325 e. The minimum atomic E-state index is -3.72. The Morgan fingerprint density at radius 1 is 0.522 bits per heavy atom. The van der Waals surface area contributed by atoms with Gasteiger partial charge < -0.3 is 19.6 Å². The molecule has 0 saturated carbocycles. The van der Waals surface area contributed by atoms with E-state index in [1.807, 2.05) is 0 Å². The van der Waals surface area contributed by atoms with Gasteiger partial charge >= 0.3 is 15.2 Å². The van der Waals surface area contributed by atoms with Gasteiger partial charge in [0.2, 0.25) is 0 Å². The van der Waals surface area contributed by atoms with E-state index in [0.29, 0.717) is 12.8 Å². The summed E-state index contributed by atoms with van der Waals surface area (Å²) >= 11 is 0. The van der Waals surface area contributed by atoms with Crippen LogP contribution in [0, 0.1) is 0 Å². The molecule has 0 aromatic rings. The molecular weight excluding hydrogens is 338 g/mol. The minimum absolute atomic E-state index is 0.0523. The van der Waals surface area contributed by atoms with Crippen LogP contribution >= 0.6 is 15.2 Å². The van der Waals surface area contributed by atoms with Gasteiger partial charge in [-0.15, -0.1) is 0 Å². The van der Waals surface area contributed by atoms with Gasteiger partial charge in [0.1, 0.15) is 0 Å². The monoisotopic (exact) mass is 374 g/mol. The third kappa shape index (κ3) is 30.7. The maximum Gasteiger partial charge on any atom is 0.325 e. The van der Waals surface area contributed by atoms with Crippen LogP contribution < -0.4 is 0 Å². The molecule has 0 radical (unpaired) electrons. The summed E-state index contributed by atoms with van der Waals surface area (Å²) in [6.45, 7) is 4.26. The minimum Gasteiger partial charge on any atom is -0.324 e. The van der Waals surface area contributed by atoms with Gasteiger partial charge in [0.25, 0.3) is 0 Å². The zero-order valence-corrected chi connectivity index (χ0v) is 16.5. The average molecular weight is 374 g/mol. The van der Waals surface area contributed by atoms with Crippen molar-refractivity contribution in [3.8, 4) is 0 Å². The molecule has 0 aromatic heterocycles. The van der Waals surface area contributed by atoms with E-state index in [9.17, 15) is 9.13 Å². The quantitative estimate of drug-likeness (QED) is 0.275. The third-order valence-electron chi connectivity index (χ3n) is 3.36. The van der Waals surface area contributed by atoms with E-state index >= 15 is 0 Å². The molecule has 6 nitrogen and oxygen atoms in total. The second-order valence-corrected chi connectivity index (χ2v) is 9.51. The number of rotatable bonds is 13. The standard InChI is InChI=1S/C8H19O3P.C7H17O3P/c1-2-3-4-5-6-7-8-12(9,10)11;1-2-3-4-5-6-7-11(8,9)10/h2-8H2,1H3,(H2,9,10,11);2-7H2,1H3,(H2,8,9,10). The number of unbranched alkanes of at least 4 members (excludes halogenated alkanes) is 9. The third-order valence-corrected chi connectivity index (χ3v) is 5.15. The molecule has 0 rings (SSSR count). The van der Waals surface area contributed by atoms with Gasteiger partial charge in [-0.2, -0.15) is 0 Å². The summed E-state index contributed by atoms with van der Waals surface area (Å²) in [6.07, 6.45) is 11.5. The van der Waals surface area contributed by atoms with E-state index in [4.69, 9.17) is 19.6 Å². The van der Waals surface area contributed by atoms with Gasteiger partial charge in [-0.05, 0) is 12.8 Å². The van der Waals surface area contributed by atoms with Gasteiger partial charge in [0.05, 0.1) is 0 Å². The molecule has 0 bridgehead atoms. The van der Waals surface area contributed by atoms with E-state index in [2.05, 4.69) is 13.8 Å². The van der Waals surface area contributed by atoms with Crippen molar-refractivity contribution < 1.29 is 28.7 Å². The van der Waals surface area contributed by atoms with E-state index in [1.165, 1.54) is 25.7 Å². The van der Waals surface area contributed by atoms with Crippen LogP contribution in [0.2, 0.25) is 0 Å². The van der Waals surface area contributed by atoms with Crippen LogP contribution in [0.15, 0.2) is 0 Å². The normalized spacial score (nSPS) is 11.9. The van der Waals surface area contributed by atoms with Crippen molar-refractivity contribution in [2.75, 3.05) is 12.3 Å². The predicted molar refractivity (Wildman–Crippen MR) is 96.0 cm³/mol. The lowest BCUT2D eigenvalue weighted by molar-refractivity contribution is 0.368. The van der Waals surface area contributed by atoms with Crippen molar-refractivity contribution in [2.45, 2.75) is 84.5 Å². The SMILES string of the molecule is CCCCCCCCP(=O)(O)O.CCCCCCCP(=O)(O)O. The zero-order chi connectivity index (χ0) is 18.2. The summed E-state index contributed by atoms with van der Waals surface area (Å²) in [6, 6.07) is 0. The fourth-order valence-corrected chi connectivity index (χ4v) is 3.29. The van der Waals surface area contributed by atoms with Gasteiger partial charge in [-0.25, -0.2) is 0 Å². The lowest BCUT2D eigenvalue weighted by Crippen LogP contribution is -1.88. The Morgan fingerprint density at radius 3 is 1.04 bits per heavy atom. The lowest BCUT2D eigenvalue weighted by atomic mass is 10.1. The average Bonchev–Trinajstić information content (AvgIpc) is 2.41. The van der Waals surface area contributed by atoms with Crippen molar-refractivity contribution in [1.82, 2.24) is 0 Å². The molecule has 0 saturated heterocycles. The highest BCUT2D eigenvalue weighted by molar-refractivity contribution is 7.52. The molecule has 142 valence electrons. The first-order chi connectivity index (χ1) is 10.6. The van der Waals surface area contributed by atoms with Crippen LogP contribution in [0.1, 0.15) is 84.5 Å². The molecular formula is C15H36O6P2. The van der Waals surface area contributed by atoms with Crippen molar-refractivity contribution >= 4 is 15.2 Å². The molecule has 0 atom stereocenters. The first-order valence-electron chi connectivity index (χ1n) is 8.71. The summed E-state index contributed by atoms with van der Waals surface area (Å²) in [5.41, 5.74) is 0. The van der Waals surface area contributed by atoms with Crippen molar-refractivity contribution in [2.24, 2.45) is 0 Å². The number of hydrogen-bond acceptors (Lipinski definition) is 2. The Hall–Kier alpha value is 0.300. The van der Waals surface area contributed by atoms with Crippen LogP contribution in [0.25, 0.3) is 0 Å². The fraction of sp³-hybridized carbons (Fsp3) is 1.00. The number of hydrogen-bond donors (Lipinski definition) is 4. The van der Waals surface area contributed by atoms with Crippen molar-refractivity contribution in [3.63, 3.8) is 0 Å².